The Balaban J connectivity index is -0.000000125. The first-order chi connectivity index (χ1) is 2.64. The van der Waals surface area contributed by atoms with Crippen LogP contribution in [0.3, 0.4) is 0 Å². The molecule has 0 amide bonds. The molecule has 0 saturated carbocycles. The number of carboxylic acids is 1. The molecule has 0 spiro atoms. The summed E-state index contributed by atoms with van der Waals surface area (Å²) in [5, 5.41) is 7.89. The maximum absolute atomic E-state index is 9.60. The summed E-state index contributed by atoms with van der Waals surface area (Å²) in [4.78, 5) is 9.60. The molecule has 0 bridgehead atoms. The Morgan fingerprint density at radius 2 is 1.75 bits per heavy atom. The van der Waals surface area contributed by atoms with Gasteiger partial charge in [-0.05, 0) is 6.92 Å². The minimum absolute atomic E-state index is 0. The largest absolute Gasteiger partial charge is 0.478 e. The Bertz CT molecular complexity index is 80.0. The molecular weight excluding hydrogens is 198 g/mol. The fraction of sp³-hybridized carbons (Fsp3) is 0.250. The number of hydrogen-bond acceptors (Lipinski definition) is 1. The predicted molar refractivity (Wildman–Crippen MR) is 32.4 cm³/mol. The summed E-state index contributed by atoms with van der Waals surface area (Å²) < 4.78 is 0. The zero-order chi connectivity index (χ0) is 5.15. The Morgan fingerprint density at radius 3 is 1.75 bits per heavy atom. The van der Waals surface area contributed by atoms with Crippen LogP contribution in [0.25, 0.3) is 0 Å². The van der Waals surface area contributed by atoms with E-state index < -0.39 is 5.97 Å². The van der Waals surface area contributed by atoms with Crippen molar-refractivity contribution in [1.82, 2.24) is 0 Å². The molecule has 8 heavy (non-hydrogen) atoms. The fourth-order valence-electron chi connectivity index (χ4n) is 0. The Hall–Kier alpha value is 0.626. The maximum Gasteiger partial charge on any atom is 0.330 e. The van der Waals surface area contributed by atoms with Gasteiger partial charge in [0.1, 0.15) is 0 Å². The van der Waals surface area contributed by atoms with Gasteiger partial charge in [0.2, 0.25) is 0 Å². The third kappa shape index (κ3) is 9.80. The van der Waals surface area contributed by atoms with Crippen LogP contribution in [-0.2, 0) is 31.0 Å². The maximum atomic E-state index is 9.60. The van der Waals surface area contributed by atoms with E-state index >= 15 is 0 Å². The molecule has 0 radical (unpaired) electrons. The number of carbonyl (C=O) groups is 1. The summed E-state index contributed by atoms with van der Waals surface area (Å²) >= 11 is 0. The molecule has 0 aliphatic rings. The molecular formula is C4H9AlO2Zr. The monoisotopic (exact) mass is 206 g/mol. The van der Waals surface area contributed by atoms with E-state index in [4.69, 9.17) is 5.11 Å². The second-order valence-electron chi connectivity index (χ2n) is 1.09. The molecule has 4 heteroatoms. The summed E-state index contributed by atoms with van der Waals surface area (Å²) in [7, 11) is 0. The van der Waals surface area contributed by atoms with Crippen molar-refractivity contribution in [1.29, 1.82) is 0 Å². The summed E-state index contributed by atoms with van der Waals surface area (Å²) in [6.07, 6.45) is 0. The zero-order valence-corrected chi connectivity index (χ0v) is 6.52. The van der Waals surface area contributed by atoms with Gasteiger partial charge in [0.25, 0.3) is 0 Å². The molecule has 2 nitrogen and oxygen atoms in total. The quantitative estimate of drug-likeness (QED) is 0.463. The SMILES string of the molecule is C=C(C)C(=O)O.[AlH3].[Zr]. The van der Waals surface area contributed by atoms with E-state index in [2.05, 4.69) is 6.58 Å². The molecule has 44 valence electrons. The fourth-order valence-corrected chi connectivity index (χ4v) is 0. The van der Waals surface area contributed by atoms with Crippen LogP contribution in [-0.4, -0.2) is 28.4 Å². The van der Waals surface area contributed by atoms with Crippen LogP contribution >= 0.6 is 0 Å². The zero-order valence-electron chi connectivity index (χ0n) is 4.06. The van der Waals surface area contributed by atoms with Crippen LogP contribution in [0.5, 0.6) is 0 Å². The standard InChI is InChI=1S/C4H6O2.Al.Zr.3H/c1-3(2)4(5)6;;;;;/h1H2,2H3,(H,5,6);;;;;. The van der Waals surface area contributed by atoms with Gasteiger partial charge in [-0.1, -0.05) is 6.58 Å². The molecule has 0 fully saturated rings. The summed E-state index contributed by atoms with van der Waals surface area (Å²) in [5.74, 6) is -0.935. The number of hydrogen-bond donors (Lipinski definition) is 1. The topological polar surface area (TPSA) is 37.3 Å². The van der Waals surface area contributed by atoms with E-state index in [0.717, 1.165) is 0 Å². The van der Waals surface area contributed by atoms with E-state index in [-0.39, 0.29) is 49.1 Å². The minimum atomic E-state index is -0.935. The van der Waals surface area contributed by atoms with Crippen molar-refractivity contribution in [3.63, 3.8) is 0 Å². The number of carboxylic acid groups (broad SMARTS) is 1. The van der Waals surface area contributed by atoms with Crippen molar-refractivity contribution < 1.29 is 36.1 Å². The summed E-state index contributed by atoms with van der Waals surface area (Å²) in [6, 6.07) is 0. The first kappa shape index (κ1) is 15.8. The summed E-state index contributed by atoms with van der Waals surface area (Å²) in [6.45, 7) is 4.60. The predicted octanol–water partition coefficient (Wildman–Crippen LogP) is -0.539. The molecule has 0 aliphatic heterocycles. The van der Waals surface area contributed by atoms with Gasteiger partial charge in [-0.2, -0.15) is 0 Å². The molecule has 0 aromatic carbocycles. The molecule has 0 heterocycles. The van der Waals surface area contributed by atoms with Gasteiger partial charge in [0.15, 0.2) is 17.4 Å². The molecule has 0 atom stereocenters. The first-order valence-corrected chi connectivity index (χ1v) is 1.53. The van der Waals surface area contributed by atoms with Crippen molar-refractivity contribution in [3.8, 4) is 0 Å². The molecule has 0 aliphatic carbocycles. The molecule has 0 aromatic rings. The van der Waals surface area contributed by atoms with Crippen LogP contribution in [0.4, 0.5) is 0 Å². The van der Waals surface area contributed by atoms with Crippen LogP contribution in [0, 0.1) is 0 Å². The van der Waals surface area contributed by atoms with Crippen LogP contribution in [0.2, 0.25) is 0 Å². The second-order valence-corrected chi connectivity index (χ2v) is 1.09. The van der Waals surface area contributed by atoms with Crippen LogP contribution < -0.4 is 0 Å². The smallest absolute Gasteiger partial charge is 0.330 e. The van der Waals surface area contributed by atoms with E-state index in [1.54, 1.807) is 0 Å². The molecule has 0 unspecified atom stereocenters. The van der Waals surface area contributed by atoms with E-state index in [1.807, 2.05) is 0 Å². The Kier molecular flexibility index (Phi) is 15.1. The normalized spacial score (nSPS) is 5.62. The number of aliphatic carboxylic acids is 1. The van der Waals surface area contributed by atoms with Gasteiger partial charge in [-0.15, -0.1) is 0 Å². The van der Waals surface area contributed by atoms with Crippen molar-refractivity contribution in [3.05, 3.63) is 12.2 Å². The minimum Gasteiger partial charge on any atom is -0.478 e. The van der Waals surface area contributed by atoms with Gasteiger partial charge in [0, 0.05) is 31.8 Å². The van der Waals surface area contributed by atoms with E-state index in [1.165, 1.54) is 6.92 Å². The number of rotatable bonds is 1. The Morgan fingerprint density at radius 1 is 1.62 bits per heavy atom. The third-order valence-corrected chi connectivity index (χ3v) is 0.365. The van der Waals surface area contributed by atoms with Crippen molar-refractivity contribution >= 4 is 23.3 Å². The average molecular weight is 207 g/mol. The Labute approximate surface area is 78.2 Å². The van der Waals surface area contributed by atoms with Crippen molar-refractivity contribution in [2.75, 3.05) is 0 Å². The molecule has 1 N–H and O–H groups in total. The van der Waals surface area contributed by atoms with Gasteiger partial charge in [-0.3, -0.25) is 0 Å². The van der Waals surface area contributed by atoms with E-state index in [9.17, 15) is 4.79 Å². The van der Waals surface area contributed by atoms with Crippen LogP contribution in [0.15, 0.2) is 12.2 Å². The van der Waals surface area contributed by atoms with Crippen LogP contribution in [0.1, 0.15) is 6.92 Å². The first-order valence-electron chi connectivity index (χ1n) is 1.53. The van der Waals surface area contributed by atoms with E-state index in [0.29, 0.717) is 0 Å². The average Bonchev–Trinajstić information content (AvgIpc) is 1.36. The van der Waals surface area contributed by atoms with Gasteiger partial charge >= 0.3 is 5.97 Å². The second kappa shape index (κ2) is 7.63. The van der Waals surface area contributed by atoms with Crippen molar-refractivity contribution in [2.45, 2.75) is 6.92 Å². The van der Waals surface area contributed by atoms with Gasteiger partial charge in [-0.25, -0.2) is 4.79 Å². The van der Waals surface area contributed by atoms with Crippen molar-refractivity contribution in [2.24, 2.45) is 0 Å². The van der Waals surface area contributed by atoms with Gasteiger partial charge in [0.05, 0.1) is 0 Å². The van der Waals surface area contributed by atoms with Gasteiger partial charge < -0.3 is 5.11 Å². The molecule has 0 aromatic heterocycles. The molecule has 0 saturated heterocycles. The molecule has 0 rings (SSSR count). The summed E-state index contributed by atoms with van der Waals surface area (Å²) in [5.41, 5.74) is 0.176. The third-order valence-electron chi connectivity index (χ3n) is 0.365.